The Morgan fingerprint density at radius 2 is 1.78 bits per heavy atom. The molecule has 120 valence electrons. The van der Waals surface area contributed by atoms with Gasteiger partial charge in [-0.3, -0.25) is 5.43 Å². The molecule has 1 aliphatic heterocycles. The van der Waals surface area contributed by atoms with Crippen molar-refractivity contribution >= 4 is 17.6 Å². The fraction of sp³-hybridized carbons (Fsp3) is 0.316. The van der Waals surface area contributed by atoms with Gasteiger partial charge in [-0.25, -0.2) is 0 Å². The second-order valence-corrected chi connectivity index (χ2v) is 5.88. The zero-order chi connectivity index (χ0) is 16.1. The number of hydrazone groups is 1. The number of ether oxygens (including phenoxy) is 1. The molecule has 4 nitrogen and oxygen atoms in total. The normalized spacial score (nSPS) is 15.1. The Morgan fingerprint density at radius 3 is 2.48 bits per heavy atom. The summed E-state index contributed by atoms with van der Waals surface area (Å²) < 4.78 is 5.39. The summed E-state index contributed by atoms with van der Waals surface area (Å²) in [5.41, 5.74) is 8.93. The van der Waals surface area contributed by atoms with Crippen LogP contribution in [0.15, 0.2) is 47.6 Å². The van der Waals surface area contributed by atoms with E-state index in [1.54, 1.807) is 0 Å². The summed E-state index contributed by atoms with van der Waals surface area (Å²) in [6.45, 7) is 7.72. The zero-order valence-corrected chi connectivity index (χ0v) is 13.7. The van der Waals surface area contributed by atoms with Crippen molar-refractivity contribution < 1.29 is 4.74 Å². The van der Waals surface area contributed by atoms with E-state index < -0.39 is 0 Å². The molecule has 0 aliphatic carbocycles. The fourth-order valence-electron chi connectivity index (χ4n) is 2.71. The van der Waals surface area contributed by atoms with Crippen LogP contribution < -0.4 is 10.3 Å². The number of rotatable bonds is 4. The number of hydrogen-bond donors (Lipinski definition) is 1. The Morgan fingerprint density at radius 1 is 1.04 bits per heavy atom. The predicted molar refractivity (Wildman–Crippen MR) is 96.6 cm³/mol. The monoisotopic (exact) mass is 309 g/mol. The number of nitrogens with zero attached hydrogens (tertiary/aromatic N) is 2. The summed E-state index contributed by atoms with van der Waals surface area (Å²) in [6, 6.07) is 14.8. The van der Waals surface area contributed by atoms with Crippen LogP contribution >= 0.6 is 0 Å². The van der Waals surface area contributed by atoms with Gasteiger partial charge in [-0.2, -0.15) is 5.10 Å². The molecule has 1 heterocycles. The lowest BCUT2D eigenvalue weighted by molar-refractivity contribution is 0.122. The molecule has 1 aliphatic rings. The highest BCUT2D eigenvalue weighted by atomic mass is 16.5. The Hall–Kier alpha value is -2.33. The lowest BCUT2D eigenvalue weighted by Crippen LogP contribution is -2.36. The summed E-state index contributed by atoms with van der Waals surface area (Å²) >= 11 is 0. The van der Waals surface area contributed by atoms with Gasteiger partial charge in [0.25, 0.3) is 0 Å². The zero-order valence-electron chi connectivity index (χ0n) is 13.7. The molecule has 2 aromatic rings. The standard InChI is InChI=1S/C19H23N3O/c1-15-3-8-19(16(2)13-15)21-20-14-17-4-6-18(7-5-17)22-9-11-23-12-10-22/h3-8,13-14,21H,9-12H2,1-2H3/b20-14+. The molecule has 0 unspecified atom stereocenters. The Balaban J connectivity index is 1.61. The third kappa shape index (κ3) is 4.11. The van der Waals surface area contributed by atoms with Crippen molar-refractivity contribution in [2.24, 2.45) is 5.10 Å². The molecular formula is C19H23N3O. The number of morpholine rings is 1. The highest BCUT2D eigenvalue weighted by Gasteiger charge is 2.10. The van der Waals surface area contributed by atoms with Crippen molar-refractivity contribution in [3.05, 3.63) is 59.2 Å². The maximum absolute atomic E-state index is 5.39. The van der Waals surface area contributed by atoms with Crippen LogP contribution in [0.4, 0.5) is 11.4 Å². The van der Waals surface area contributed by atoms with Gasteiger partial charge in [0.2, 0.25) is 0 Å². The Bertz CT molecular complexity index is 674. The molecule has 0 radical (unpaired) electrons. The average Bonchev–Trinajstić information content (AvgIpc) is 2.58. The topological polar surface area (TPSA) is 36.9 Å². The summed E-state index contributed by atoms with van der Waals surface area (Å²) in [5.74, 6) is 0. The molecule has 0 bridgehead atoms. The van der Waals surface area contributed by atoms with Crippen molar-refractivity contribution in [3.63, 3.8) is 0 Å². The van der Waals surface area contributed by atoms with Crippen molar-refractivity contribution in [3.8, 4) is 0 Å². The summed E-state index contributed by atoms with van der Waals surface area (Å²) in [4.78, 5) is 2.35. The van der Waals surface area contributed by atoms with E-state index in [1.165, 1.54) is 16.8 Å². The minimum Gasteiger partial charge on any atom is -0.378 e. The van der Waals surface area contributed by atoms with Gasteiger partial charge in [-0.15, -0.1) is 0 Å². The van der Waals surface area contributed by atoms with Crippen LogP contribution in [0.25, 0.3) is 0 Å². The lowest BCUT2D eigenvalue weighted by atomic mass is 10.1. The molecule has 1 saturated heterocycles. The molecule has 0 aromatic heterocycles. The molecule has 23 heavy (non-hydrogen) atoms. The van der Waals surface area contributed by atoms with E-state index in [0.29, 0.717) is 0 Å². The van der Waals surface area contributed by atoms with Crippen LogP contribution in [0.1, 0.15) is 16.7 Å². The third-order valence-electron chi connectivity index (χ3n) is 4.05. The quantitative estimate of drug-likeness (QED) is 0.693. The number of anilines is 2. The minimum absolute atomic E-state index is 0.809. The number of benzene rings is 2. The summed E-state index contributed by atoms with van der Waals surface area (Å²) in [5, 5.41) is 4.34. The van der Waals surface area contributed by atoms with Crippen molar-refractivity contribution in [1.29, 1.82) is 0 Å². The largest absolute Gasteiger partial charge is 0.378 e. The Labute approximate surface area is 137 Å². The van der Waals surface area contributed by atoms with Gasteiger partial charge in [0.05, 0.1) is 25.1 Å². The van der Waals surface area contributed by atoms with Crippen LogP contribution in [0.3, 0.4) is 0 Å². The minimum atomic E-state index is 0.809. The molecule has 0 saturated carbocycles. The predicted octanol–water partition coefficient (Wildman–Crippen LogP) is 3.59. The third-order valence-corrected chi connectivity index (χ3v) is 4.05. The second kappa shape index (κ2) is 7.29. The van der Waals surface area contributed by atoms with E-state index >= 15 is 0 Å². The summed E-state index contributed by atoms with van der Waals surface area (Å²) in [7, 11) is 0. The second-order valence-electron chi connectivity index (χ2n) is 5.88. The molecule has 0 amide bonds. The van der Waals surface area contributed by atoms with E-state index in [2.05, 4.69) is 71.7 Å². The maximum Gasteiger partial charge on any atom is 0.0642 e. The molecule has 4 heteroatoms. The number of nitrogens with one attached hydrogen (secondary N) is 1. The van der Waals surface area contributed by atoms with Gasteiger partial charge in [0.15, 0.2) is 0 Å². The van der Waals surface area contributed by atoms with Crippen LogP contribution in [0.2, 0.25) is 0 Å². The average molecular weight is 309 g/mol. The van der Waals surface area contributed by atoms with Gasteiger partial charge in [0.1, 0.15) is 0 Å². The lowest BCUT2D eigenvalue weighted by Gasteiger charge is -2.28. The van der Waals surface area contributed by atoms with E-state index in [1.807, 2.05) is 6.21 Å². The first kappa shape index (κ1) is 15.6. The van der Waals surface area contributed by atoms with Crippen LogP contribution in [-0.2, 0) is 4.74 Å². The SMILES string of the molecule is Cc1ccc(N/N=C/c2ccc(N3CCOCC3)cc2)c(C)c1. The highest BCUT2D eigenvalue weighted by molar-refractivity contribution is 5.81. The first-order valence-corrected chi connectivity index (χ1v) is 8.01. The molecular weight excluding hydrogens is 286 g/mol. The molecule has 2 aromatic carbocycles. The summed E-state index contributed by atoms with van der Waals surface area (Å²) in [6.07, 6.45) is 1.85. The smallest absolute Gasteiger partial charge is 0.0642 e. The van der Waals surface area contributed by atoms with Crippen LogP contribution in [0.5, 0.6) is 0 Å². The van der Waals surface area contributed by atoms with Gasteiger partial charge >= 0.3 is 0 Å². The van der Waals surface area contributed by atoms with Crippen LogP contribution in [-0.4, -0.2) is 32.5 Å². The van der Waals surface area contributed by atoms with Gasteiger partial charge in [-0.1, -0.05) is 29.8 Å². The van der Waals surface area contributed by atoms with Crippen molar-refractivity contribution in [1.82, 2.24) is 0 Å². The first-order chi connectivity index (χ1) is 11.2. The van der Waals surface area contributed by atoms with E-state index in [9.17, 15) is 0 Å². The molecule has 0 atom stereocenters. The molecule has 1 N–H and O–H groups in total. The molecule has 3 rings (SSSR count). The van der Waals surface area contributed by atoms with E-state index in [4.69, 9.17) is 4.74 Å². The number of hydrogen-bond acceptors (Lipinski definition) is 4. The van der Waals surface area contributed by atoms with Gasteiger partial charge in [-0.05, 0) is 43.2 Å². The maximum atomic E-state index is 5.39. The number of aryl methyl sites for hydroxylation is 2. The van der Waals surface area contributed by atoms with E-state index in [0.717, 1.165) is 37.6 Å². The highest BCUT2D eigenvalue weighted by Crippen LogP contribution is 2.17. The molecule has 1 fully saturated rings. The molecule has 0 spiro atoms. The van der Waals surface area contributed by atoms with Gasteiger partial charge < -0.3 is 9.64 Å². The van der Waals surface area contributed by atoms with Crippen molar-refractivity contribution in [2.75, 3.05) is 36.6 Å². The van der Waals surface area contributed by atoms with Gasteiger partial charge in [0, 0.05) is 18.8 Å². The van der Waals surface area contributed by atoms with E-state index in [-0.39, 0.29) is 0 Å². The first-order valence-electron chi connectivity index (χ1n) is 8.01. The fourth-order valence-corrected chi connectivity index (χ4v) is 2.71. The van der Waals surface area contributed by atoms with Crippen LogP contribution in [0, 0.1) is 13.8 Å². The van der Waals surface area contributed by atoms with Crippen molar-refractivity contribution in [2.45, 2.75) is 13.8 Å². The Kier molecular flexibility index (Phi) is 4.93.